The molecule has 0 atom stereocenters. The van der Waals surface area contributed by atoms with Crippen LogP contribution in [0, 0.1) is 21.4 Å². The van der Waals surface area contributed by atoms with Gasteiger partial charge in [0.15, 0.2) is 0 Å². The summed E-state index contributed by atoms with van der Waals surface area (Å²) in [6, 6.07) is 11.6. The van der Waals surface area contributed by atoms with Crippen molar-refractivity contribution in [2.75, 3.05) is 0 Å². The zero-order valence-electron chi connectivity index (χ0n) is 10.8. The number of thiocarbonyl (C=S) groups is 1. The van der Waals surface area contributed by atoms with E-state index in [9.17, 15) is 10.1 Å². The quantitative estimate of drug-likeness (QED) is 0.307. The first-order valence-corrected chi connectivity index (χ1v) is 6.27. The monoisotopic (exact) mass is 298 g/mol. The number of benzene rings is 1. The summed E-state index contributed by atoms with van der Waals surface area (Å²) in [5.41, 5.74) is 6.89. The molecule has 0 saturated heterocycles. The molecule has 104 valence electrons. The maximum Gasteiger partial charge on any atom is 0.271 e. The molecule has 7 heteroatoms. The summed E-state index contributed by atoms with van der Waals surface area (Å²) in [6.07, 6.45) is 3.28. The van der Waals surface area contributed by atoms with Gasteiger partial charge in [-0.25, -0.2) is 0 Å². The normalized spacial score (nSPS) is 10.9. The number of rotatable bonds is 4. The van der Waals surface area contributed by atoms with E-state index < -0.39 is 4.92 Å². The van der Waals surface area contributed by atoms with Gasteiger partial charge < -0.3 is 10.3 Å². The van der Waals surface area contributed by atoms with Gasteiger partial charge in [0.2, 0.25) is 0 Å². The van der Waals surface area contributed by atoms with E-state index in [1.54, 1.807) is 41.1 Å². The smallest absolute Gasteiger partial charge is 0.271 e. The van der Waals surface area contributed by atoms with Gasteiger partial charge in [0.1, 0.15) is 11.1 Å². The maximum atomic E-state index is 10.8. The van der Waals surface area contributed by atoms with Crippen LogP contribution in [0.2, 0.25) is 0 Å². The highest BCUT2D eigenvalue weighted by molar-refractivity contribution is 7.80. The highest BCUT2D eigenvalue weighted by Crippen LogP contribution is 2.20. The SMILES string of the molecule is N#CC(=Cc1cccn1-c1cccc([N+](=O)[O-])c1)C(N)=S. The number of non-ortho nitro benzene ring substituents is 1. The van der Waals surface area contributed by atoms with E-state index in [4.69, 9.17) is 23.2 Å². The van der Waals surface area contributed by atoms with Crippen molar-refractivity contribution in [3.8, 4) is 11.8 Å². The minimum atomic E-state index is -0.460. The Balaban J connectivity index is 2.51. The van der Waals surface area contributed by atoms with Crippen molar-refractivity contribution < 1.29 is 4.92 Å². The summed E-state index contributed by atoms with van der Waals surface area (Å²) in [5, 5.41) is 19.8. The Morgan fingerprint density at radius 3 is 2.81 bits per heavy atom. The van der Waals surface area contributed by atoms with Gasteiger partial charge >= 0.3 is 0 Å². The molecule has 0 saturated carbocycles. The molecule has 2 N–H and O–H groups in total. The third-order valence-electron chi connectivity index (χ3n) is 2.78. The molecule has 0 aliphatic rings. The van der Waals surface area contributed by atoms with E-state index >= 15 is 0 Å². The second kappa shape index (κ2) is 5.98. The molecule has 0 spiro atoms. The lowest BCUT2D eigenvalue weighted by atomic mass is 10.2. The number of nitro benzene ring substituents is 1. The molecule has 0 unspecified atom stereocenters. The van der Waals surface area contributed by atoms with E-state index in [2.05, 4.69) is 0 Å². The van der Waals surface area contributed by atoms with E-state index in [-0.39, 0.29) is 16.2 Å². The Kier molecular flexibility index (Phi) is 4.11. The van der Waals surface area contributed by atoms with Crippen LogP contribution in [-0.2, 0) is 0 Å². The lowest BCUT2D eigenvalue weighted by molar-refractivity contribution is -0.384. The number of hydrogen-bond acceptors (Lipinski definition) is 4. The fourth-order valence-electron chi connectivity index (χ4n) is 1.81. The van der Waals surface area contributed by atoms with Crippen LogP contribution >= 0.6 is 12.2 Å². The summed E-state index contributed by atoms with van der Waals surface area (Å²) in [6.45, 7) is 0. The van der Waals surface area contributed by atoms with Gasteiger partial charge in [0, 0.05) is 24.0 Å². The molecule has 0 aliphatic carbocycles. The molecule has 1 heterocycles. The molecule has 6 nitrogen and oxygen atoms in total. The van der Waals surface area contributed by atoms with E-state index in [0.717, 1.165) is 0 Å². The third-order valence-corrected chi connectivity index (χ3v) is 3.00. The van der Waals surface area contributed by atoms with Crippen molar-refractivity contribution in [2.45, 2.75) is 0 Å². The zero-order chi connectivity index (χ0) is 15.4. The molecule has 0 fully saturated rings. The standard InChI is InChI=1S/C14H10N4O2S/c15-9-10(14(16)21)7-11-5-2-6-17(11)12-3-1-4-13(8-12)18(19)20/h1-8H,(H2,16,21). The molecule has 2 rings (SSSR count). The molecule has 2 aromatic rings. The van der Waals surface area contributed by atoms with Gasteiger partial charge in [-0.05, 0) is 24.3 Å². The van der Waals surface area contributed by atoms with Gasteiger partial charge in [-0.1, -0.05) is 18.3 Å². The Labute approximate surface area is 125 Å². The largest absolute Gasteiger partial charge is 0.389 e. The number of nitrogens with zero attached hydrogens (tertiary/aromatic N) is 3. The first kappa shape index (κ1) is 14.4. The van der Waals surface area contributed by atoms with E-state index in [1.165, 1.54) is 12.1 Å². The fraction of sp³-hybridized carbons (Fsp3) is 0. The van der Waals surface area contributed by atoms with Gasteiger partial charge in [0.05, 0.1) is 16.2 Å². The molecular formula is C14H10N4O2S. The van der Waals surface area contributed by atoms with Gasteiger partial charge in [0.25, 0.3) is 5.69 Å². The molecule has 0 radical (unpaired) electrons. The van der Waals surface area contributed by atoms with Crippen molar-refractivity contribution in [1.29, 1.82) is 5.26 Å². The van der Waals surface area contributed by atoms with Crippen LogP contribution in [0.25, 0.3) is 11.8 Å². The Bertz CT molecular complexity index is 786. The zero-order valence-corrected chi connectivity index (χ0v) is 11.6. The Hall–Kier alpha value is -2.98. The van der Waals surface area contributed by atoms with E-state index in [1.807, 2.05) is 6.07 Å². The highest BCUT2D eigenvalue weighted by atomic mass is 32.1. The van der Waals surface area contributed by atoms with Crippen LogP contribution in [0.15, 0.2) is 48.2 Å². The van der Waals surface area contributed by atoms with Crippen molar-refractivity contribution in [2.24, 2.45) is 5.73 Å². The van der Waals surface area contributed by atoms with Crippen molar-refractivity contribution >= 4 is 29.0 Å². The van der Waals surface area contributed by atoms with Crippen molar-refractivity contribution in [3.63, 3.8) is 0 Å². The molecule has 0 bridgehead atoms. The van der Waals surface area contributed by atoms with Crippen LogP contribution in [0.3, 0.4) is 0 Å². The third kappa shape index (κ3) is 3.13. The second-order valence-electron chi connectivity index (χ2n) is 4.11. The Morgan fingerprint density at radius 1 is 1.43 bits per heavy atom. The first-order valence-electron chi connectivity index (χ1n) is 5.86. The minimum absolute atomic E-state index is 0.00397. The number of aromatic nitrogens is 1. The van der Waals surface area contributed by atoms with Crippen LogP contribution in [0.5, 0.6) is 0 Å². The molecule has 0 aliphatic heterocycles. The minimum Gasteiger partial charge on any atom is -0.389 e. The number of nitrogens with two attached hydrogens (primary N) is 1. The predicted molar refractivity (Wildman–Crippen MR) is 82.8 cm³/mol. The topological polar surface area (TPSA) is 97.9 Å². The van der Waals surface area contributed by atoms with Crippen LogP contribution < -0.4 is 5.73 Å². The van der Waals surface area contributed by atoms with Gasteiger partial charge in [-0.2, -0.15) is 5.26 Å². The Morgan fingerprint density at radius 2 is 2.19 bits per heavy atom. The van der Waals surface area contributed by atoms with E-state index in [0.29, 0.717) is 11.4 Å². The summed E-state index contributed by atoms with van der Waals surface area (Å²) in [5.74, 6) is 0. The summed E-state index contributed by atoms with van der Waals surface area (Å²) in [7, 11) is 0. The molecule has 0 amide bonds. The molecule has 1 aromatic heterocycles. The maximum absolute atomic E-state index is 10.8. The number of nitriles is 1. The average molecular weight is 298 g/mol. The predicted octanol–water partition coefficient (Wildman–Crippen LogP) is 2.58. The fourth-order valence-corrected chi connectivity index (χ4v) is 1.91. The first-order chi connectivity index (χ1) is 10.0. The van der Waals surface area contributed by atoms with Crippen LogP contribution in [-0.4, -0.2) is 14.5 Å². The van der Waals surface area contributed by atoms with Gasteiger partial charge in [-0.3, -0.25) is 10.1 Å². The molecular weight excluding hydrogens is 288 g/mol. The van der Waals surface area contributed by atoms with Crippen molar-refractivity contribution in [3.05, 3.63) is 64.0 Å². The van der Waals surface area contributed by atoms with Crippen LogP contribution in [0.1, 0.15) is 5.69 Å². The molecule has 1 aromatic carbocycles. The summed E-state index contributed by atoms with van der Waals surface area (Å²) >= 11 is 4.79. The highest BCUT2D eigenvalue weighted by Gasteiger charge is 2.09. The average Bonchev–Trinajstić information content (AvgIpc) is 2.92. The summed E-state index contributed by atoms with van der Waals surface area (Å²) in [4.78, 5) is 10.4. The van der Waals surface area contributed by atoms with Crippen LogP contribution in [0.4, 0.5) is 5.69 Å². The number of nitro groups is 1. The molecule has 21 heavy (non-hydrogen) atoms. The van der Waals surface area contributed by atoms with Gasteiger partial charge in [-0.15, -0.1) is 0 Å². The van der Waals surface area contributed by atoms with Crippen molar-refractivity contribution in [1.82, 2.24) is 4.57 Å². The number of hydrogen-bond donors (Lipinski definition) is 1. The summed E-state index contributed by atoms with van der Waals surface area (Å²) < 4.78 is 1.71. The lowest BCUT2D eigenvalue weighted by Gasteiger charge is -2.06. The second-order valence-corrected chi connectivity index (χ2v) is 4.55. The lowest BCUT2D eigenvalue weighted by Crippen LogP contribution is -2.10.